The maximum atomic E-state index is 7.13. The maximum absolute atomic E-state index is 7.13. The van der Waals surface area contributed by atoms with Crippen molar-refractivity contribution in [1.82, 2.24) is 0 Å². The van der Waals surface area contributed by atoms with E-state index in [1.54, 1.807) is 0 Å². The van der Waals surface area contributed by atoms with E-state index in [1.807, 2.05) is 72.8 Å². The van der Waals surface area contributed by atoms with Gasteiger partial charge in [0, 0.05) is 0 Å². The molecule has 0 aromatic heterocycles. The molecule has 4 aromatic rings. The summed E-state index contributed by atoms with van der Waals surface area (Å²) in [6.07, 6.45) is 0.756. The number of hydrogen-bond donors (Lipinski definition) is 0. The molecule has 2 aliphatic rings. The van der Waals surface area contributed by atoms with Gasteiger partial charge in [0.15, 0.2) is 6.29 Å². The average Bonchev–Trinajstić information content (AvgIpc) is 3.14. The molecule has 4 aromatic carbocycles. The van der Waals surface area contributed by atoms with Gasteiger partial charge in [-0.1, -0.05) is 149 Å². The lowest BCUT2D eigenvalue weighted by atomic mass is 9.75. The van der Waals surface area contributed by atoms with Crippen LogP contribution in [0.3, 0.4) is 0 Å². The first-order chi connectivity index (χ1) is 24.5. The molecule has 1 saturated heterocycles. The summed E-state index contributed by atoms with van der Waals surface area (Å²) in [6, 6.07) is 41.0. The fourth-order valence-electron chi connectivity index (χ4n) is 7.30. The molecule has 0 unspecified atom stereocenters. The monoisotopic (exact) mass is 678 g/mol. The van der Waals surface area contributed by atoms with Crippen molar-refractivity contribution in [3.63, 3.8) is 0 Å². The molecule has 0 amide bonds. The smallest absolute Gasteiger partial charge is 0.187 e. The average molecular weight is 679 g/mol. The van der Waals surface area contributed by atoms with Crippen molar-refractivity contribution in [2.45, 2.75) is 103 Å². The minimum absolute atomic E-state index is 0.0500. The predicted molar refractivity (Wildman–Crippen MR) is 196 cm³/mol. The van der Waals surface area contributed by atoms with Gasteiger partial charge in [-0.05, 0) is 52.8 Å². The van der Waals surface area contributed by atoms with Gasteiger partial charge >= 0.3 is 0 Å². The fourth-order valence-corrected chi connectivity index (χ4v) is 7.30. The molecule has 0 bridgehead atoms. The van der Waals surface area contributed by atoms with E-state index in [0.29, 0.717) is 50.8 Å². The van der Waals surface area contributed by atoms with Crippen molar-refractivity contribution in [3.8, 4) is 0 Å². The van der Waals surface area contributed by atoms with Gasteiger partial charge in [-0.3, -0.25) is 0 Å². The Labute approximate surface area is 299 Å². The molecule has 2 fully saturated rings. The van der Waals surface area contributed by atoms with Crippen molar-refractivity contribution >= 4 is 0 Å². The molecular formula is C44H54O6. The number of ether oxygens (including phenoxy) is 6. The summed E-state index contributed by atoms with van der Waals surface area (Å²) in [7, 11) is 0. The normalized spacial score (nSPS) is 27.0. The van der Waals surface area contributed by atoms with Gasteiger partial charge in [0.25, 0.3) is 0 Å². The Morgan fingerprint density at radius 1 is 0.580 bits per heavy atom. The van der Waals surface area contributed by atoms with Crippen molar-refractivity contribution in [3.05, 3.63) is 144 Å². The highest BCUT2D eigenvalue weighted by molar-refractivity contribution is 5.16. The lowest BCUT2D eigenvalue weighted by molar-refractivity contribution is -0.341. The summed E-state index contributed by atoms with van der Waals surface area (Å²) >= 11 is 0. The van der Waals surface area contributed by atoms with E-state index in [2.05, 4.69) is 69.3 Å². The fraction of sp³-hybridized carbons (Fsp3) is 0.455. The molecule has 1 aliphatic carbocycles. The Kier molecular flexibility index (Phi) is 13.7. The summed E-state index contributed by atoms with van der Waals surface area (Å²) in [5.41, 5.74) is 4.34. The lowest BCUT2D eigenvalue weighted by Gasteiger charge is -2.48. The maximum Gasteiger partial charge on any atom is 0.187 e. The van der Waals surface area contributed by atoms with Crippen LogP contribution in [0, 0.1) is 17.8 Å². The van der Waals surface area contributed by atoms with Gasteiger partial charge in [0.05, 0.1) is 39.1 Å². The molecule has 6 rings (SSSR count). The zero-order valence-electron chi connectivity index (χ0n) is 29.8. The molecule has 6 heteroatoms. The third kappa shape index (κ3) is 10.3. The van der Waals surface area contributed by atoms with Crippen LogP contribution in [0.4, 0.5) is 0 Å². The highest BCUT2D eigenvalue weighted by Crippen LogP contribution is 2.39. The van der Waals surface area contributed by atoms with E-state index in [-0.39, 0.29) is 6.10 Å². The first kappa shape index (κ1) is 36.4. The second-order valence-corrected chi connectivity index (χ2v) is 14.3. The quantitative estimate of drug-likeness (QED) is 0.118. The standard InChI is InChI=1S/C44H54O6/c1-32(2)38-25-24-33(3)26-39(38)49-44-43(48-30-37-22-14-7-15-23-37)42(47-29-36-20-12-6-13-21-36)41(46-28-35-18-10-5-11-19-35)40(50-44)31-45-27-34-16-8-4-9-17-34/h4-23,32-33,38-44H,24-31H2,1-3H3/t33-,38+,39-,40-,41-,42+,43-,44+/m1/s1. The molecular weight excluding hydrogens is 624 g/mol. The minimum atomic E-state index is -0.669. The molecule has 6 nitrogen and oxygen atoms in total. The summed E-state index contributed by atoms with van der Waals surface area (Å²) in [4.78, 5) is 0. The Bertz CT molecular complexity index is 1500. The van der Waals surface area contributed by atoms with Crippen LogP contribution in [0.2, 0.25) is 0 Å². The third-order valence-electron chi connectivity index (χ3n) is 10.1. The van der Waals surface area contributed by atoms with E-state index in [0.717, 1.165) is 35.1 Å². The van der Waals surface area contributed by atoms with E-state index >= 15 is 0 Å². The molecule has 1 aliphatic heterocycles. The molecule has 50 heavy (non-hydrogen) atoms. The Hall–Kier alpha value is -3.36. The van der Waals surface area contributed by atoms with Crippen LogP contribution in [0.5, 0.6) is 0 Å². The number of rotatable bonds is 16. The predicted octanol–water partition coefficient (Wildman–Crippen LogP) is 9.16. The Morgan fingerprint density at radius 3 is 1.54 bits per heavy atom. The molecule has 8 atom stereocenters. The van der Waals surface area contributed by atoms with E-state index in [1.165, 1.54) is 6.42 Å². The van der Waals surface area contributed by atoms with Crippen LogP contribution in [0.25, 0.3) is 0 Å². The van der Waals surface area contributed by atoms with Crippen LogP contribution in [-0.2, 0) is 54.8 Å². The lowest BCUT2D eigenvalue weighted by Crippen LogP contribution is -2.62. The SMILES string of the molecule is CC(C)[C@@H]1CC[C@@H](C)C[C@H]1O[C@H]1O[C@H](COCc2ccccc2)[C@@H](OCc2ccccc2)[C@H](OCc2ccccc2)[C@H]1OCc1ccccc1. The van der Waals surface area contributed by atoms with Crippen LogP contribution in [-0.4, -0.2) is 43.4 Å². The molecule has 0 N–H and O–H groups in total. The molecule has 1 heterocycles. The summed E-state index contributed by atoms with van der Waals surface area (Å²) in [5, 5.41) is 0. The highest BCUT2D eigenvalue weighted by Gasteiger charge is 2.50. The first-order valence-corrected chi connectivity index (χ1v) is 18.4. The van der Waals surface area contributed by atoms with E-state index < -0.39 is 30.7 Å². The highest BCUT2D eigenvalue weighted by atomic mass is 16.7. The Balaban J connectivity index is 1.33. The summed E-state index contributed by atoms with van der Waals surface area (Å²) < 4.78 is 41.1. The van der Waals surface area contributed by atoms with Gasteiger partial charge in [-0.15, -0.1) is 0 Å². The molecule has 0 radical (unpaired) electrons. The summed E-state index contributed by atoms with van der Waals surface area (Å²) in [5.74, 6) is 1.52. The third-order valence-corrected chi connectivity index (χ3v) is 10.1. The Morgan fingerprint density at radius 2 is 1.04 bits per heavy atom. The van der Waals surface area contributed by atoms with E-state index in [9.17, 15) is 0 Å². The van der Waals surface area contributed by atoms with Crippen LogP contribution < -0.4 is 0 Å². The molecule has 266 valence electrons. The van der Waals surface area contributed by atoms with Gasteiger partial charge in [0.1, 0.15) is 24.4 Å². The van der Waals surface area contributed by atoms with Gasteiger partial charge < -0.3 is 28.4 Å². The molecule has 1 saturated carbocycles. The zero-order valence-corrected chi connectivity index (χ0v) is 29.8. The minimum Gasteiger partial charge on any atom is -0.374 e. The largest absolute Gasteiger partial charge is 0.374 e. The number of hydrogen-bond acceptors (Lipinski definition) is 6. The van der Waals surface area contributed by atoms with Gasteiger partial charge in [-0.25, -0.2) is 0 Å². The van der Waals surface area contributed by atoms with Crippen molar-refractivity contribution < 1.29 is 28.4 Å². The van der Waals surface area contributed by atoms with Crippen molar-refractivity contribution in [2.75, 3.05) is 6.61 Å². The van der Waals surface area contributed by atoms with Crippen LogP contribution in [0.1, 0.15) is 62.3 Å². The van der Waals surface area contributed by atoms with Gasteiger partial charge in [0.2, 0.25) is 0 Å². The summed E-state index contributed by atoms with van der Waals surface area (Å²) in [6.45, 7) is 8.94. The molecule has 0 spiro atoms. The topological polar surface area (TPSA) is 55.4 Å². The van der Waals surface area contributed by atoms with Gasteiger partial charge in [-0.2, -0.15) is 0 Å². The van der Waals surface area contributed by atoms with Crippen LogP contribution in [0.15, 0.2) is 121 Å². The second-order valence-electron chi connectivity index (χ2n) is 14.3. The second kappa shape index (κ2) is 18.8. The van der Waals surface area contributed by atoms with Crippen molar-refractivity contribution in [2.24, 2.45) is 17.8 Å². The van der Waals surface area contributed by atoms with Crippen LogP contribution >= 0.6 is 0 Å². The zero-order chi connectivity index (χ0) is 34.5. The van der Waals surface area contributed by atoms with Crippen molar-refractivity contribution in [1.29, 1.82) is 0 Å². The number of benzene rings is 4. The first-order valence-electron chi connectivity index (χ1n) is 18.4. The van der Waals surface area contributed by atoms with E-state index in [4.69, 9.17) is 28.4 Å².